The van der Waals surface area contributed by atoms with Gasteiger partial charge in [-0.1, -0.05) is 30.0 Å². The van der Waals surface area contributed by atoms with Crippen LogP contribution in [0, 0.1) is 0 Å². The number of benzene rings is 1. The lowest BCUT2D eigenvalue weighted by Crippen LogP contribution is -2.33. The Kier molecular flexibility index (Phi) is 3.00. The van der Waals surface area contributed by atoms with E-state index in [0.29, 0.717) is 16.0 Å². The topological polar surface area (TPSA) is 67.8 Å². The third kappa shape index (κ3) is 2.00. The average molecular weight is 291 g/mol. The van der Waals surface area contributed by atoms with E-state index in [0.717, 1.165) is 8.91 Å². The fourth-order valence-corrected chi connectivity index (χ4v) is 3.23. The van der Waals surface area contributed by atoms with E-state index in [-0.39, 0.29) is 5.56 Å². The lowest BCUT2D eigenvalue weighted by Gasteiger charge is -2.02. The van der Waals surface area contributed by atoms with Crippen molar-refractivity contribution in [3.8, 4) is 5.69 Å². The molecular weight excluding hydrogens is 282 g/mol. The van der Waals surface area contributed by atoms with Crippen molar-refractivity contribution in [1.29, 1.82) is 0 Å². The largest absolute Gasteiger partial charge is 0.334 e. The van der Waals surface area contributed by atoms with Gasteiger partial charge in [-0.2, -0.15) is 0 Å². The Bertz CT molecular complexity index is 849. The number of fused-ring (bicyclic) bond motifs is 1. The van der Waals surface area contributed by atoms with Gasteiger partial charge >= 0.3 is 5.69 Å². The summed E-state index contributed by atoms with van der Waals surface area (Å²) in [4.78, 5) is 31.2. The maximum atomic E-state index is 12.4. The third-order valence-electron chi connectivity index (χ3n) is 2.62. The quantitative estimate of drug-likeness (QED) is 0.732. The first kappa shape index (κ1) is 12.2. The van der Waals surface area contributed by atoms with Crippen LogP contribution in [0.15, 0.2) is 44.3 Å². The molecule has 0 radical (unpaired) electrons. The number of nitrogens with one attached hydrogen (secondary N) is 1. The van der Waals surface area contributed by atoms with Gasteiger partial charge < -0.3 is 0 Å². The smallest absolute Gasteiger partial charge is 0.290 e. The van der Waals surface area contributed by atoms with Crippen LogP contribution in [0.2, 0.25) is 0 Å². The summed E-state index contributed by atoms with van der Waals surface area (Å²) in [6, 6.07) is 8.84. The van der Waals surface area contributed by atoms with Crippen molar-refractivity contribution in [2.24, 2.45) is 0 Å². The summed E-state index contributed by atoms with van der Waals surface area (Å²) in [6.45, 7) is 0. The second-order valence-corrected chi connectivity index (χ2v) is 5.82. The first-order valence-electron chi connectivity index (χ1n) is 5.46. The molecule has 0 amide bonds. The summed E-state index contributed by atoms with van der Waals surface area (Å²) in [6.07, 6.45) is 1.88. The van der Waals surface area contributed by atoms with E-state index in [2.05, 4.69) is 9.97 Å². The zero-order valence-corrected chi connectivity index (χ0v) is 11.5. The van der Waals surface area contributed by atoms with Gasteiger partial charge in [0.1, 0.15) is 4.70 Å². The number of nitrogens with zero attached hydrogens (tertiary/aromatic N) is 2. The molecule has 0 bridgehead atoms. The van der Waals surface area contributed by atoms with E-state index in [9.17, 15) is 9.59 Å². The van der Waals surface area contributed by atoms with Crippen molar-refractivity contribution in [3.05, 3.63) is 51.2 Å². The molecule has 19 heavy (non-hydrogen) atoms. The molecule has 0 aliphatic carbocycles. The van der Waals surface area contributed by atoms with Crippen LogP contribution in [0.3, 0.4) is 0 Å². The first-order valence-corrected chi connectivity index (χ1v) is 7.50. The Hall–Kier alpha value is -1.86. The lowest BCUT2D eigenvalue weighted by molar-refractivity contribution is 0.898. The molecule has 0 aliphatic rings. The Morgan fingerprint density at radius 3 is 2.68 bits per heavy atom. The maximum absolute atomic E-state index is 12.4. The van der Waals surface area contributed by atoms with E-state index in [4.69, 9.17) is 0 Å². The van der Waals surface area contributed by atoms with E-state index in [1.165, 1.54) is 23.1 Å². The maximum Gasteiger partial charge on any atom is 0.334 e. The summed E-state index contributed by atoms with van der Waals surface area (Å²) in [5.41, 5.74) is 0.107. The van der Waals surface area contributed by atoms with Crippen LogP contribution in [0.5, 0.6) is 0 Å². The summed E-state index contributed by atoms with van der Waals surface area (Å²) in [5.74, 6) is 0. The second-order valence-electron chi connectivity index (χ2n) is 3.77. The van der Waals surface area contributed by atoms with Crippen molar-refractivity contribution in [2.45, 2.75) is 4.34 Å². The minimum absolute atomic E-state index is 0.331. The van der Waals surface area contributed by atoms with E-state index >= 15 is 0 Å². The molecule has 7 heteroatoms. The molecule has 3 rings (SSSR count). The van der Waals surface area contributed by atoms with Crippen molar-refractivity contribution >= 4 is 33.4 Å². The van der Waals surface area contributed by atoms with Gasteiger partial charge in [-0.3, -0.25) is 9.78 Å². The zero-order valence-electron chi connectivity index (χ0n) is 9.91. The Morgan fingerprint density at radius 2 is 2.00 bits per heavy atom. The Balaban J connectivity index is 2.38. The Morgan fingerprint density at radius 1 is 1.26 bits per heavy atom. The minimum Gasteiger partial charge on any atom is -0.290 e. The number of thiazole rings is 1. The standard InChI is InChI=1S/C12H9N3O2S2/c1-18-12-14-9-8(19-12)10(16)15(11(17)13-9)7-5-3-2-4-6-7/h2-6H,1H3,(H,13,17). The molecule has 3 aromatic rings. The predicted molar refractivity (Wildman–Crippen MR) is 77.6 cm³/mol. The van der Waals surface area contributed by atoms with Gasteiger partial charge in [-0.25, -0.2) is 14.3 Å². The SMILES string of the molecule is CSc1nc2[nH]c(=O)n(-c3ccccc3)c(=O)c2s1. The van der Waals surface area contributed by atoms with Crippen LogP contribution < -0.4 is 11.2 Å². The highest BCUT2D eigenvalue weighted by atomic mass is 32.2. The highest BCUT2D eigenvalue weighted by molar-refractivity contribution is 8.00. The highest BCUT2D eigenvalue weighted by Crippen LogP contribution is 2.23. The highest BCUT2D eigenvalue weighted by Gasteiger charge is 2.13. The molecular formula is C12H9N3O2S2. The molecule has 2 aromatic heterocycles. The average Bonchev–Trinajstić information content (AvgIpc) is 2.83. The Labute approximate surface area is 115 Å². The van der Waals surface area contributed by atoms with Gasteiger partial charge in [0.05, 0.1) is 5.69 Å². The first-order chi connectivity index (χ1) is 9.20. The van der Waals surface area contributed by atoms with E-state index in [1.54, 1.807) is 24.3 Å². The van der Waals surface area contributed by atoms with Crippen LogP contribution in [0.25, 0.3) is 16.0 Å². The molecule has 0 saturated heterocycles. The van der Waals surface area contributed by atoms with Gasteiger partial charge in [0, 0.05) is 0 Å². The number of thioether (sulfide) groups is 1. The van der Waals surface area contributed by atoms with E-state index in [1.807, 2.05) is 12.3 Å². The normalized spacial score (nSPS) is 11.0. The molecule has 1 N–H and O–H groups in total. The fourth-order valence-electron chi connectivity index (χ4n) is 1.78. The molecule has 0 aliphatic heterocycles. The molecule has 2 heterocycles. The molecule has 0 spiro atoms. The van der Waals surface area contributed by atoms with Crippen LogP contribution in [-0.4, -0.2) is 20.8 Å². The van der Waals surface area contributed by atoms with Crippen LogP contribution in [0.1, 0.15) is 0 Å². The van der Waals surface area contributed by atoms with Gasteiger partial charge in [0.25, 0.3) is 5.56 Å². The second kappa shape index (κ2) is 4.67. The van der Waals surface area contributed by atoms with Crippen molar-refractivity contribution in [3.63, 3.8) is 0 Å². The number of hydrogen-bond donors (Lipinski definition) is 1. The van der Waals surface area contributed by atoms with Crippen LogP contribution in [0.4, 0.5) is 0 Å². The summed E-state index contributed by atoms with van der Waals surface area (Å²) < 4.78 is 2.35. The molecule has 0 saturated carbocycles. The lowest BCUT2D eigenvalue weighted by atomic mass is 10.3. The molecule has 5 nitrogen and oxygen atoms in total. The van der Waals surface area contributed by atoms with Crippen LogP contribution in [-0.2, 0) is 0 Å². The molecule has 0 unspecified atom stereocenters. The number of H-pyrrole nitrogens is 1. The van der Waals surface area contributed by atoms with Crippen molar-refractivity contribution in [1.82, 2.24) is 14.5 Å². The number of hydrogen-bond acceptors (Lipinski definition) is 5. The molecule has 1 aromatic carbocycles. The van der Waals surface area contributed by atoms with Gasteiger partial charge in [0.2, 0.25) is 0 Å². The van der Waals surface area contributed by atoms with Gasteiger partial charge in [-0.15, -0.1) is 11.3 Å². The summed E-state index contributed by atoms with van der Waals surface area (Å²) in [5, 5.41) is 0. The number of rotatable bonds is 2. The summed E-state index contributed by atoms with van der Waals surface area (Å²) >= 11 is 2.74. The van der Waals surface area contributed by atoms with Crippen molar-refractivity contribution < 1.29 is 0 Å². The predicted octanol–water partition coefficient (Wildman–Crippen LogP) is 1.86. The van der Waals surface area contributed by atoms with Gasteiger partial charge in [-0.05, 0) is 18.4 Å². The fraction of sp³-hybridized carbons (Fsp3) is 0.0833. The minimum atomic E-state index is -0.471. The van der Waals surface area contributed by atoms with Crippen molar-refractivity contribution in [2.75, 3.05) is 6.26 Å². The monoisotopic (exact) mass is 291 g/mol. The molecule has 0 atom stereocenters. The molecule has 0 fully saturated rings. The van der Waals surface area contributed by atoms with Gasteiger partial charge in [0.15, 0.2) is 9.99 Å². The number of aromatic nitrogens is 3. The third-order valence-corrected chi connectivity index (χ3v) is 4.65. The molecule has 96 valence electrons. The van der Waals surface area contributed by atoms with E-state index < -0.39 is 5.69 Å². The van der Waals surface area contributed by atoms with Crippen LogP contribution >= 0.6 is 23.1 Å². The zero-order chi connectivity index (χ0) is 13.4. The summed E-state index contributed by atoms with van der Waals surface area (Å²) in [7, 11) is 0. The number of para-hydroxylation sites is 1. The number of aromatic amines is 1.